The first-order valence-corrected chi connectivity index (χ1v) is 8.41. The lowest BCUT2D eigenvalue weighted by Crippen LogP contribution is -2.41. The molecule has 5 nitrogen and oxygen atoms in total. The Morgan fingerprint density at radius 1 is 1.30 bits per heavy atom. The molecule has 0 saturated heterocycles. The van der Waals surface area contributed by atoms with E-state index in [-0.39, 0.29) is 11.5 Å². The average molecular weight is 313 g/mol. The van der Waals surface area contributed by atoms with Crippen LogP contribution in [-0.4, -0.2) is 21.9 Å². The third kappa shape index (κ3) is 3.78. The van der Waals surface area contributed by atoms with Gasteiger partial charge in [0.1, 0.15) is 5.82 Å². The Morgan fingerprint density at radius 3 is 2.91 bits per heavy atom. The van der Waals surface area contributed by atoms with Gasteiger partial charge in [0, 0.05) is 18.9 Å². The van der Waals surface area contributed by atoms with Crippen molar-refractivity contribution in [1.29, 1.82) is 0 Å². The van der Waals surface area contributed by atoms with E-state index in [1.807, 2.05) is 18.2 Å². The van der Waals surface area contributed by atoms with Gasteiger partial charge >= 0.3 is 0 Å². The molecule has 5 heteroatoms. The van der Waals surface area contributed by atoms with Crippen LogP contribution in [0.5, 0.6) is 0 Å². The van der Waals surface area contributed by atoms with Crippen LogP contribution in [0, 0.1) is 5.92 Å². The summed E-state index contributed by atoms with van der Waals surface area (Å²) >= 11 is 0. The van der Waals surface area contributed by atoms with Crippen molar-refractivity contribution < 1.29 is 4.79 Å². The van der Waals surface area contributed by atoms with E-state index in [2.05, 4.69) is 22.2 Å². The standard InChI is InChI=1S/C18H23N3O2/c1-12-6-2-4-8-14(12)20-17(22)11-10-16-19-15-9-5-3-7-13(15)18(23)21-16/h3,5,7,9,12,14H,2,4,6,8,10-11H2,1H3,(H,20,22)(H,19,21,23)/t12-,14-/m1/s1. The van der Waals surface area contributed by atoms with Crippen LogP contribution in [0.1, 0.15) is 44.9 Å². The number of para-hydroxylation sites is 1. The van der Waals surface area contributed by atoms with Gasteiger partial charge in [-0.25, -0.2) is 4.98 Å². The van der Waals surface area contributed by atoms with Gasteiger partial charge in [0.2, 0.25) is 5.91 Å². The van der Waals surface area contributed by atoms with Gasteiger partial charge in [-0.3, -0.25) is 9.59 Å². The number of aryl methyl sites for hydroxylation is 1. The summed E-state index contributed by atoms with van der Waals surface area (Å²) in [6.07, 6.45) is 5.50. The number of H-pyrrole nitrogens is 1. The van der Waals surface area contributed by atoms with Crippen LogP contribution in [0.25, 0.3) is 10.9 Å². The maximum atomic E-state index is 12.1. The quantitative estimate of drug-likeness (QED) is 0.911. The molecule has 3 rings (SSSR count). The van der Waals surface area contributed by atoms with Gasteiger partial charge in [0.05, 0.1) is 10.9 Å². The lowest BCUT2D eigenvalue weighted by molar-refractivity contribution is -0.122. The van der Waals surface area contributed by atoms with E-state index in [0.717, 1.165) is 6.42 Å². The number of hydrogen-bond donors (Lipinski definition) is 2. The highest BCUT2D eigenvalue weighted by atomic mass is 16.1. The molecular formula is C18H23N3O2. The molecular weight excluding hydrogens is 290 g/mol. The molecule has 0 spiro atoms. The molecule has 2 aromatic rings. The number of amides is 1. The second-order valence-electron chi connectivity index (χ2n) is 6.47. The average Bonchev–Trinajstić information content (AvgIpc) is 2.55. The number of aromatic nitrogens is 2. The van der Waals surface area contributed by atoms with E-state index >= 15 is 0 Å². The number of nitrogens with one attached hydrogen (secondary N) is 2. The molecule has 0 unspecified atom stereocenters. The molecule has 0 aliphatic heterocycles. The summed E-state index contributed by atoms with van der Waals surface area (Å²) in [5, 5.41) is 3.71. The van der Waals surface area contributed by atoms with Crippen molar-refractivity contribution in [1.82, 2.24) is 15.3 Å². The van der Waals surface area contributed by atoms with Gasteiger partial charge in [-0.2, -0.15) is 0 Å². The number of rotatable bonds is 4. The Morgan fingerprint density at radius 2 is 2.09 bits per heavy atom. The lowest BCUT2D eigenvalue weighted by Gasteiger charge is -2.29. The molecule has 1 heterocycles. The fraction of sp³-hybridized carbons (Fsp3) is 0.500. The molecule has 23 heavy (non-hydrogen) atoms. The summed E-state index contributed by atoms with van der Waals surface area (Å²) in [6, 6.07) is 7.54. The van der Waals surface area contributed by atoms with E-state index in [4.69, 9.17) is 0 Å². The Labute approximate surface area is 135 Å². The molecule has 0 bridgehead atoms. The van der Waals surface area contributed by atoms with Crippen molar-refractivity contribution in [2.75, 3.05) is 0 Å². The largest absolute Gasteiger partial charge is 0.353 e. The predicted octanol–water partition coefficient (Wildman–Crippen LogP) is 2.55. The zero-order valence-corrected chi connectivity index (χ0v) is 13.5. The molecule has 1 aliphatic carbocycles. The Hall–Kier alpha value is -2.17. The molecule has 1 aromatic carbocycles. The highest BCUT2D eigenvalue weighted by Gasteiger charge is 2.22. The highest BCUT2D eigenvalue weighted by molar-refractivity contribution is 5.78. The molecule has 1 aromatic heterocycles. The summed E-state index contributed by atoms with van der Waals surface area (Å²) < 4.78 is 0. The van der Waals surface area contributed by atoms with E-state index in [0.29, 0.717) is 41.5 Å². The summed E-state index contributed by atoms with van der Waals surface area (Å²) in [5.74, 6) is 1.16. The van der Waals surface area contributed by atoms with Crippen molar-refractivity contribution in [2.24, 2.45) is 5.92 Å². The van der Waals surface area contributed by atoms with E-state index in [1.54, 1.807) is 6.07 Å². The number of benzene rings is 1. The van der Waals surface area contributed by atoms with Gasteiger partial charge in [-0.1, -0.05) is 31.9 Å². The first-order chi connectivity index (χ1) is 11.1. The minimum absolute atomic E-state index is 0.0413. The van der Waals surface area contributed by atoms with Crippen LogP contribution in [0.15, 0.2) is 29.1 Å². The van der Waals surface area contributed by atoms with Crippen LogP contribution in [0.3, 0.4) is 0 Å². The van der Waals surface area contributed by atoms with Gasteiger partial charge < -0.3 is 10.3 Å². The van der Waals surface area contributed by atoms with Gasteiger partial charge in [-0.15, -0.1) is 0 Å². The zero-order valence-electron chi connectivity index (χ0n) is 13.5. The van der Waals surface area contributed by atoms with E-state index in [9.17, 15) is 9.59 Å². The monoisotopic (exact) mass is 313 g/mol. The molecule has 0 radical (unpaired) electrons. The minimum Gasteiger partial charge on any atom is -0.353 e. The Bertz CT molecular complexity index is 753. The molecule has 1 saturated carbocycles. The first-order valence-electron chi connectivity index (χ1n) is 8.41. The maximum Gasteiger partial charge on any atom is 0.258 e. The van der Waals surface area contributed by atoms with Crippen molar-refractivity contribution >= 4 is 16.8 Å². The Kier molecular flexibility index (Phi) is 4.74. The molecule has 122 valence electrons. The van der Waals surface area contributed by atoms with Gasteiger partial charge in [0.25, 0.3) is 5.56 Å². The van der Waals surface area contributed by atoms with Gasteiger partial charge in [0.15, 0.2) is 0 Å². The van der Waals surface area contributed by atoms with Crippen LogP contribution in [0.4, 0.5) is 0 Å². The number of nitrogens with zero attached hydrogens (tertiary/aromatic N) is 1. The van der Waals surface area contributed by atoms with Crippen molar-refractivity contribution in [2.45, 2.75) is 51.5 Å². The number of fused-ring (bicyclic) bond motifs is 1. The zero-order chi connectivity index (χ0) is 16.2. The number of carbonyl (C=O) groups is 1. The molecule has 1 fully saturated rings. The second kappa shape index (κ2) is 6.94. The summed E-state index contributed by atoms with van der Waals surface area (Å²) in [4.78, 5) is 31.4. The topological polar surface area (TPSA) is 74.8 Å². The third-order valence-corrected chi connectivity index (χ3v) is 4.71. The SMILES string of the molecule is C[C@@H]1CCCC[C@H]1NC(=O)CCc1nc2ccccc2c(=O)[nH]1. The highest BCUT2D eigenvalue weighted by Crippen LogP contribution is 2.23. The molecule has 2 N–H and O–H groups in total. The fourth-order valence-electron chi connectivity index (χ4n) is 3.29. The van der Waals surface area contributed by atoms with Crippen LogP contribution >= 0.6 is 0 Å². The van der Waals surface area contributed by atoms with Crippen LogP contribution < -0.4 is 10.9 Å². The third-order valence-electron chi connectivity index (χ3n) is 4.71. The maximum absolute atomic E-state index is 12.1. The fourth-order valence-corrected chi connectivity index (χ4v) is 3.29. The summed E-state index contributed by atoms with van der Waals surface area (Å²) in [6.45, 7) is 2.20. The van der Waals surface area contributed by atoms with Gasteiger partial charge in [-0.05, 0) is 30.9 Å². The smallest absolute Gasteiger partial charge is 0.258 e. The molecule has 1 aliphatic rings. The van der Waals surface area contributed by atoms with Crippen LogP contribution in [-0.2, 0) is 11.2 Å². The molecule has 2 atom stereocenters. The number of hydrogen-bond acceptors (Lipinski definition) is 3. The number of carbonyl (C=O) groups excluding carboxylic acids is 1. The summed E-state index contributed by atoms with van der Waals surface area (Å²) in [7, 11) is 0. The first kappa shape index (κ1) is 15.7. The summed E-state index contributed by atoms with van der Waals surface area (Å²) in [5.41, 5.74) is 0.527. The van der Waals surface area contributed by atoms with E-state index < -0.39 is 0 Å². The van der Waals surface area contributed by atoms with Crippen molar-refractivity contribution in [3.63, 3.8) is 0 Å². The predicted molar refractivity (Wildman–Crippen MR) is 90.2 cm³/mol. The van der Waals surface area contributed by atoms with Crippen LogP contribution in [0.2, 0.25) is 0 Å². The van der Waals surface area contributed by atoms with Crippen molar-refractivity contribution in [3.8, 4) is 0 Å². The van der Waals surface area contributed by atoms with E-state index in [1.165, 1.54) is 19.3 Å². The Balaban J connectivity index is 1.61. The van der Waals surface area contributed by atoms with Crippen molar-refractivity contribution in [3.05, 3.63) is 40.4 Å². The lowest BCUT2D eigenvalue weighted by atomic mass is 9.86. The molecule has 1 amide bonds. The minimum atomic E-state index is -0.146. The normalized spacial score (nSPS) is 21.3. The second-order valence-corrected chi connectivity index (χ2v) is 6.47. The number of aromatic amines is 1.